The molecule has 0 atom stereocenters. The van der Waals surface area contributed by atoms with Crippen LogP contribution in [0.15, 0.2) is 58.4 Å². The molecule has 0 radical (unpaired) electrons. The van der Waals surface area contributed by atoms with Gasteiger partial charge in [-0.05, 0) is 67.8 Å². The van der Waals surface area contributed by atoms with Crippen LogP contribution < -0.4 is 20.7 Å². The zero-order valence-electron chi connectivity index (χ0n) is 17.1. The number of aromatic amines is 2. The molecule has 0 aliphatic carbocycles. The van der Waals surface area contributed by atoms with Crippen LogP contribution in [-0.2, 0) is 6.54 Å². The topological polar surface area (TPSA) is 89.1 Å². The third-order valence-corrected chi connectivity index (χ3v) is 5.03. The number of ether oxygens (including phenoxy) is 2. The zero-order valence-corrected chi connectivity index (χ0v) is 17.1. The van der Waals surface area contributed by atoms with Crippen LogP contribution in [0.4, 0.5) is 0 Å². The average Bonchev–Trinajstić information content (AvgIpc) is 3.15. The summed E-state index contributed by atoms with van der Waals surface area (Å²) in [7, 11) is 0. The lowest BCUT2D eigenvalue weighted by Gasteiger charge is -2.16. The first-order valence-electron chi connectivity index (χ1n) is 9.70. The fraction of sp³-hybridized carbons (Fsp3) is 0.217. The van der Waals surface area contributed by atoms with Gasteiger partial charge < -0.3 is 14.5 Å². The molecular formula is C23H23N3O4. The number of nitrogens with one attached hydrogen (secondary N) is 2. The van der Waals surface area contributed by atoms with Gasteiger partial charge in [0.15, 0.2) is 17.2 Å². The molecule has 0 amide bonds. The molecule has 7 heteroatoms. The van der Waals surface area contributed by atoms with E-state index in [1.807, 2.05) is 51.2 Å². The summed E-state index contributed by atoms with van der Waals surface area (Å²) in [5, 5.41) is 1.08. The van der Waals surface area contributed by atoms with Crippen LogP contribution in [0.3, 0.4) is 0 Å². The Morgan fingerprint density at radius 2 is 1.70 bits per heavy atom. The van der Waals surface area contributed by atoms with Gasteiger partial charge in [-0.1, -0.05) is 0 Å². The maximum atomic E-state index is 11.8. The van der Waals surface area contributed by atoms with Gasteiger partial charge in [0.1, 0.15) is 6.61 Å². The number of aromatic nitrogens is 3. The van der Waals surface area contributed by atoms with E-state index < -0.39 is 11.2 Å². The van der Waals surface area contributed by atoms with Crippen molar-refractivity contribution in [2.75, 3.05) is 6.61 Å². The predicted octanol–water partition coefficient (Wildman–Crippen LogP) is 3.81. The number of rotatable bonds is 6. The van der Waals surface area contributed by atoms with Gasteiger partial charge in [0.2, 0.25) is 0 Å². The first-order valence-corrected chi connectivity index (χ1v) is 9.70. The first kappa shape index (κ1) is 19.6. The Morgan fingerprint density at radius 3 is 2.47 bits per heavy atom. The lowest BCUT2D eigenvalue weighted by Crippen LogP contribution is -2.30. The quantitative estimate of drug-likeness (QED) is 0.510. The Kier molecular flexibility index (Phi) is 5.18. The van der Waals surface area contributed by atoms with Crippen LogP contribution in [0.2, 0.25) is 0 Å². The van der Waals surface area contributed by atoms with E-state index in [0.29, 0.717) is 18.0 Å². The van der Waals surface area contributed by atoms with Crippen LogP contribution in [0.1, 0.15) is 16.7 Å². The van der Waals surface area contributed by atoms with E-state index in [1.54, 1.807) is 0 Å². The Morgan fingerprint density at radius 1 is 0.933 bits per heavy atom. The molecule has 0 unspecified atom stereocenters. The van der Waals surface area contributed by atoms with Crippen molar-refractivity contribution in [3.63, 3.8) is 0 Å². The number of benzene rings is 2. The maximum Gasteiger partial charge on any atom is 0.328 e. The molecule has 2 heterocycles. The summed E-state index contributed by atoms with van der Waals surface area (Å²) in [6.07, 6.45) is 3.34. The molecule has 0 saturated carbocycles. The third-order valence-electron chi connectivity index (χ3n) is 5.03. The molecule has 154 valence electrons. The molecular weight excluding hydrogens is 382 g/mol. The van der Waals surface area contributed by atoms with Crippen LogP contribution >= 0.6 is 0 Å². The molecule has 4 rings (SSSR count). The summed E-state index contributed by atoms with van der Waals surface area (Å²) in [4.78, 5) is 28.5. The number of hydrogen-bond donors (Lipinski definition) is 2. The second kappa shape index (κ2) is 7.94. The van der Waals surface area contributed by atoms with E-state index in [2.05, 4.69) is 16.0 Å². The predicted molar refractivity (Wildman–Crippen MR) is 116 cm³/mol. The van der Waals surface area contributed by atoms with Gasteiger partial charge in [-0.3, -0.25) is 14.3 Å². The van der Waals surface area contributed by atoms with Gasteiger partial charge in [-0.15, -0.1) is 0 Å². The number of nitrogens with zero attached hydrogens (tertiary/aromatic N) is 1. The van der Waals surface area contributed by atoms with Crippen LogP contribution in [0, 0.1) is 20.8 Å². The van der Waals surface area contributed by atoms with Crippen LogP contribution in [-0.4, -0.2) is 21.1 Å². The van der Waals surface area contributed by atoms with Gasteiger partial charge in [0.25, 0.3) is 5.56 Å². The van der Waals surface area contributed by atoms with E-state index in [-0.39, 0.29) is 6.61 Å². The summed E-state index contributed by atoms with van der Waals surface area (Å²) in [5.41, 5.74) is 3.30. The normalized spacial score (nSPS) is 11.0. The Bertz CT molecular complexity index is 1330. The number of H-pyrrole nitrogens is 2. The highest BCUT2D eigenvalue weighted by atomic mass is 16.5. The summed E-state index contributed by atoms with van der Waals surface area (Å²) in [6, 6.07) is 11.3. The molecule has 4 aromatic rings. The first-order chi connectivity index (χ1) is 14.4. The van der Waals surface area contributed by atoms with Gasteiger partial charge in [-0.25, -0.2) is 4.79 Å². The van der Waals surface area contributed by atoms with E-state index in [0.717, 1.165) is 33.3 Å². The highest BCUT2D eigenvalue weighted by Gasteiger charge is 2.13. The van der Waals surface area contributed by atoms with Gasteiger partial charge >= 0.3 is 5.69 Å². The lowest BCUT2D eigenvalue weighted by atomic mass is 10.1. The highest BCUT2D eigenvalue weighted by molar-refractivity contribution is 5.86. The summed E-state index contributed by atoms with van der Waals surface area (Å²) < 4.78 is 13.6. The Balaban J connectivity index is 1.60. The summed E-state index contributed by atoms with van der Waals surface area (Å²) in [5.74, 6) is 1.92. The minimum atomic E-state index is -0.462. The molecule has 0 fully saturated rings. The van der Waals surface area contributed by atoms with Crippen molar-refractivity contribution in [3.05, 3.63) is 86.3 Å². The van der Waals surface area contributed by atoms with E-state index in [9.17, 15) is 9.59 Å². The lowest BCUT2D eigenvalue weighted by molar-refractivity contribution is 0.283. The highest BCUT2D eigenvalue weighted by Crippen LogP contribution is 2.37. The molecule has 0 spiro atoms. The fourth-order valence-corrected chi connectivity index (χ4v) is 3.31. The Hall–Kier alpha value is -3.74. The molecule has 7 nitrogen and oxygen atoms in total. The van der Waals surface area contributed by atoms with Crippen molar-refractivity contribution in [1.82, 2.24) is 14.5 Å². The Labute approximate surface area is 172 Å². The molecule has 2 aromatic heterocycles. The summed E-state index contributed by atoms with van der Waals surface area (Å²) >= 11 is 0. The van der Waals surface area contributed by atoms with Crippen molar-refractivity contribution < 1.29 is 9.47 Å². The number of aryl methyl sites for hydroxylation is 3. The largest absolute Gasteiger partial charge is 0.488 e. The second-order valence-corrected chi connectivity index (χ2v) is 7.34. The molecule has 0 aliphatic heterocycles. The van der Waals surface area contributed by atoms with Crippen LogP contribution in [0.5, 0.6) is 17.2 Å². The minimum Gasteiger partial charge on any atom is -0.488 e. The SMILES string of the molecule is Cc1cc(Oc2cc(C)c(C)cc2OCCn2ccc(=O)[nH]c2=O)c2[nH]ccc2c1. The average molecular weight is 405 g/mol. The molecule has 0 aliphatic rings. The molecule has 2 aromatic carbocycles. The van der Waals surface area contributed by atoms with Gasteiger partial charge in [0, 0.05) is 23.8 Å². The van der Waals surface area contributed by atoms with Gasteiger partial charge in [-0.2, -0.15) is 0 Å². The van der Waals surface area contributed by atoms with Crippen LogP contribution in [0.25, 0.3) is 10.9 Å². The molecule has 0 saturated heterocycles. The van der Waals surface area contributed by atoms with Crippen molar-refractivity contribution >= 4 is 10.9 Å². The van der Waals surface area contributed by atoms with Crippen molar-refractivity contribution in [2.45, 2.75) is 27.3 Å². The standard InChI is InChI=1S/C23H23N3O4/c1-14-10-17-4-6-24-22(17)20(11-14)30-19-13-16(3)15(2)12-18(19)29-9-8-26-7-5-21(27)25-23(26)28/h4-7,10-13,24H,8-9H2,1-3H3,(H,25,27,28). The number of fused-ring (bicyclic) bond motifs is 1. The van der Waals surface area contributed by atoms with Crippen molar-refractivity contribution in [3.8, 4) is 17.2 Å². The fourth-order valence-electron chi connectivity index (χ4n) is 3.31. The van der Waals surface area contributed by atoms with Crippen molar-refractivity contribution in [1.29, 1.82) is 0 Å². The molecule has 30 heavy (non-hydrogen) atoms. The van der Waals surface area contributed by atoms with E-state index in [4.69, 9.17) is 9.47 Å². The summed E-state index contributed by atoms with van der Waals surface area (Å²) in [6.45, 7) is 6.60. The molecule has 0 bridgehead atoms. The number of hydrogen-bond acceptors (Lipinski definition) is 4. The smallest absolute Gasteiger partial charge is 0.328 e. The zero-order chi connectivity index (χ0) is 21.3. The van der Waals surface area contributed by atoms with E-state index >= 15 is 0 Å². The van der Waals surface area contributed by atoms with E-state index in [1.165, 1.54) is 16.8 Å². The monoisotopic (exact) mass is 405 g/mol. The second-order valence-electron chi connectivity index (χ2n) is 7.34. The molecule has 2 N–H and O–H groups in total. The maximum absolute atomic E-state index is 11.8. The van der Waals surface area contributed by atoms with Crippen molar-refractivity contribution in [2.24, 2.45) is 0 Å². The minimum absolute atomic E-state index is 0.247. The third kappa shape index (κ3) is 4.00. The van der Waals surface area contributed by atoms with Gasteiger partial charge in [0.05, 0.1) is 12.1 Å².